The number of carbonyl (C=O) groups is 3. The van der Waals surface area contributed by atoms with Gasteiger partial charge in [-0.2, -0.15) is 0 Å². The molecule has 7 nitrogen and oxygen atoms in total. The molecule has 31 heavy (non-hydrogen) atoms. The number of hydrogen-bond donors (Lipinski definition) is 0. The first-order valence-corrected chi connectivity index (χ1v) is 10.4. The van der Waals surface area contributed by atoms with E-state index < -0.39 is 23.2 Å². The zero-order valence-corrected chi connectivity index (χ0v) is 18.5. The van der Waals surface area contributed by atoms with Gasteiger partial charge in [0.05, 0.1) is 19.1 Å². The molecule has 0 aliphatic carbocycles. The van der Waals surface area contributed by atoms with Gasteiger partial charge in [-0.1, -0.05) is 35.9 Å². The van der Waals surface area contributed by atoms with Crippen LogP contribution in [-0.2, 0) is 20.9 Å². The summed E-state index contributed by atoms with van der Waals surface area (Å²) in [4.78, 5) is 37.7. The van der Waals surface area contributed by atoms with Gasteiger partial charge >= 0.3 is 5.97 Å². The maximum Gasteiger partial charge on any atom is 0.328 e. The van der Waals surface area contributed by atoms with Gasteiger partial charge in [-0.25, -0.2) is 4.79 Å². The van der Waals surface area contributed by atoms with E-state index in [9.17, 15) is 14.4 Å². The molecule has 1 fully saturated rings. The van der Waals surface area contributed by atoms with E-state index in [4.69, 9.17) is 9.47 Å². The van der Waals surface area contributed by atoms with E-state index in [1.54, 1.807) is 24.3 Å². The van der Waals surface area contributed by atoms with E-state index in [0.29, 0.717) is 23.7 Å². The zero-order chi connectivity index (χ0) is 22.5. The summed E-state index contributed by atoms with van der Waals surface area (Å²) in [7, 11) is 2.74. The Morgan fingerprint density at radius 1 is 1.13 bits per heavy atom. The van der Waals surface area contributed by atoms with Crippen LogP contribution in [0.5, 0.6) is 11.5 Å². The smallest absolute Gasteiger partial charge is 0.328 e. The molecule has 1 heterocycles. The number of thioether (sulfide) groups is 1. The maximum absolute atomic E-state index is 12.6. The molecule has 1 atom stereocenters. The van der Waals surface area contributed by atoms with Crippen molar-refractivity contribution in [2.75, 3.05) is 14.2 Å². The molecule has 2 amide bonds. The third-order valence-electron chi connectivity index (χ3n) is 4.72. The number of benzene rings is 2. The average Bonchev–Trinajstić information content (AvgIpc) is 3.04. The van der Waals surface area contributed by atoms with Crippen LogP contribution in [0.25, 0.3) is 6.08 Å². The van der Waals surface area contributed by atoms with Gasteiger partial charge in [-0.3, -0.25) is 14.5 Å². The van der Waals surface area contributed by atoms with Crippen LogP contribution >= 0.6 is 11.8 Å². The molecule has 0 aromatic heterocycles. The SMILES string of the molecule is COC(=O)[C@H](C)N1C(=O)S/C(=C/c2ccc(OCc3cccc(C)c3)c(OC)c2)C1=O. The summed E-state index contributed by atoms with van der Waals surface area (Å²) in [6.45, 7) is 3.86. The van der Waals surface area contributed by atoms with Crippen molar-refractivity contribution >= 4 is 35.0 Å². The molecule has 1 saturated heterocycles. The van der Waals surface area contributed by atoms with Gasteiger partial charge in [0, 0.05) is 0 Å². The minimum Gasteiger partial charge on any atom is -0.493 e. The summed E-state index contributed by atoms with van der Waals surface area (Å²) < 4.78 is 16.0. The van der Waals surface area contributed by atoms with E-state index in [0.717, 1.165) is 27.8 Å². The van der Waals surface area contributed by atoms with Crippen LogP contribution in [0.2, 0.25) is 0 Å². The highest BCUT2D eigenvalue weighted by molar-refractivity contribution is 8.18. The second-order valence-corrected chi connectivity index (χ2v) is 7.93. The number of nitrogens with zero attached hydrogens (tertiary/aromatic N) is 1. The highest BCUT2D eigenvalue weighted by atomic mass is 32.2. The van der Waals surface area contributed by atoms with Gasteiger partial charge in [-0.15, -0.1) is 0 Å². The van der Waals surface area contributed by atoms with E-state index >= 15 is 0 Å². The van der Waals surface area contributed by atoms with Crippen LogP contribution in [-0.4, -0.2) is 42.3 Å². The van der Waals surface area contributed by atoms with Crippen molar-refractivity contribution in [2.24, 2.45) is 0 Å². The number of amides is 2. The first-order chi connectivity index (χ1) is 14.8. The Balaban J connectivity index is 1.77. The monoisotopic (exact) mass is 441 g/mol. The topological polar surface area (TPSA) is 82.1 Å². The molecule has 0 N–H and O–H groups in total. The lowest BCUT2D eigenvalue weighted by atomic mass is 10.1. The molecule has 1 aliphatic rings. The molecule has 1 aliphatic heterocycles. The first kappa shape index (κ1) is 22.4. The van der Waals surface area contributed by atoms with Crippen molar-refractivity contribution in [1.82, 2.24) is 4.90 Å². The Labute approximate surface area is 185 Å². The zero-order valence-electron chi connectivity index (χ0n) is 17.7. The average molecular weight is 442 g/mol. The van der Waals surface area contributed by atoms with Crippen LogP contribution in [0.3, 0.4) is 0 Å². The number of methoxy groups -OCH3 is 2. The molecule has 0 bridgehead atoms. The van der Waals surface area contributed by atoms with Crippen molar-refractivity contribution in [3.8, 4) is 11.5 Å². The van der Waals surface area contributed by atoms with Gasteiger partial charge in [0.2, 0.25) is 0 Å². The molecule has 0 spiro atoms. The lowest BCUT2D eigenvalue weighted by molar-refractivity contribution is -0.148. The third kappa shape index (κ3) is 5.08. The highest BCUT2D eigenvalue weighted by Crippen LogP contribution is 2.35. The largest absolute Gasteiger partial charge is 0.493 e. The van der Waals surface area contributed by atoms with Gasteiger partial charge in [0.1, 0.15) is 12.6 Å². The molecule has 2 aromatic rings. The Morgan fingerprint density at radius 3 is 2.58 bits per heavy atom. The highest BCUT2D eigenvalue weighted by Gasteiger charge is 2.41. The number of ether oxygens (including phenoxy) is 3. The summed E-state index contributed by atoms with van der Waals surface area (Å²) in [5.41, 5.74) is 2.86. The van der Waals surface area contributed by atoms with E-state index in [2.05, 4.69) is 4.74 Å². The molecule has 0 unspecified atom stereocenters. The maximum atomic E-state index is 12.6. The molecule has 0 saturated carbocycles. The van der Waals surface area contributed by atoms with Crippen LogP contribution in [0.1, 0.15) is 23.6 Å². The second-order valence-electron chi connectivity index (χ2n) is 6.94. The number of rotatable bonds is 7. The molecular formula is C23H23NO6S. The minimum absolute atomic E-state index is 0.219. The van der Waals surface area contributed by atoms with E-state index in [1.165, 1.54) is 21.1 Å². The Morgan fingerprint density at radius 2 is 1.90 bits per heavy atom. The Kier molecular flexibility index (Phi) is 7.02. The molecule has 2 aromatic carbocycles. The van der Waals surface area contributed by atoms with Crippen LogP contribution in [0, 0.1) is 6.92 Å². The van der Waals surface area contributed by atoms with Crippen molar-refractivity contribution in [3.05, 3.63) is 64.1 Å². The lowest BCUT2D eigenvalue weighted by Crippen LogP contribution is -2.42. The van der Waals surface area contributed by atoms with Crippen molar-refractivity contribution in [3.63, 3.8) is 0 Å². The minimum atomic E-state index is -0.990. The van der Waals surface area contributed by atoms with Gasteiger partial charge in [0.15, 0.2) is 11.5 Å². The molecule has 162 valence electrons. The fourth-order valence-corrected chi connectivity index (χ4v) is 4.01. The lowest BCUT2D eigenvalue weighted by Gasteiger charge is -2.18. The predicted octanol–water partition coefficient (Wildman–Crippen LogP) is 4.18. The number of imide groups is 1. The normalized spacial score (nSPS) is 15.9. The summed E-state index contributed by atoms with van der Waals surface area (Å²) >= 11 is 0.778. The van der Waals surface area contributed by atoms with Crippen molar-refractivity contribution in [2.45, 2.75) is 26.5 Å². The second kappa shape index (κ2) is 9.70. The van der Waals surface area contributed by atoms with E-state index in [1.807, 2.05) is 31.2 Å². The van der Waals surface area contributed by atoms with Crippen LogP contribution in [0.4, 0.5) is 4.79 Å². The Hall–Kier alpha value is -3.26. The predicted molar refractivity (Wildman–Crippen MR) is 118 cm³/mol. The van der Waals surface area contributed by atoms with Crippen molar-refractivity contribution in [1.29, 1.82) is 0 Å². The van der Waals surface area contributed by atoms with Crippen LogP contribution in [0.15, 0.2) is 47.4 Å². The fraction of sp³-hybridized carbons (Fsp3) is 0.261. The fourth-order valence-electron chi connectivity index (χ4n) is 3.10. The van der Waals surface area contributed by atoms with Gasteiger partial charge < -0.3 is 14.2 Å². The molecule has 0 radical (unpaired) electrons. The summed E-state index contributed by atoms with van der Waals surface area (Å²) in [6.07, 6.45) is 1.59. The third-order valence-corrected chi connectivity index (χ3v) is 5.60. The summed E-state index contributed by atoms with van der Waals surface area (Å²) in [6, 6.07) is 12.3. The number of carbonyl (C=O) groups excluding carboxylic acids is 3. The number of hydrogen-bond acceptors (Lipinski definition) is 7. The number of esters is 1. The van der Waals surface area contributed by atoms with Gasteiger partial charge in [-0.05, 0) is 54.9 Å². The standard InChI is InChI=1S/C23H23NO6S/c1-14-6-5-7-17(10-14)13-30-18-9-8-16(11-19(18)28-3)12-20-21(25)24(23(27)31-20)15(2)22(26)29-4/h5-12,15H,13H2,1-4H3/b20-12+/t15-/m0/s1. The van der Waals surface area contributed by atoms with Crippen LogP contribution < -0.4 is 9.47 Å². The Bertz CT molecular complexity index is 1050. The van der Waals surface area contributed by atoms with Gasteiger partial charge in [0.25, 0.3) is 11.1 Å². The first-order valence-electron chi connectivity index (χ1n) is 9.55. The quantitative estimate of drug-likeness (QED) is 0.471. The molecule has 8 heteroatoms. The summed E-state index contributed by atoms with van der Waals surface area (Å²) in [5.74, 6) is -0.121. The van der Waals surface area contributed by atoms with Crippen molar-refractivity contribution < 1.29 is 28.6 Å². The summed E-state index contributed by atoms with van der Waals surface area (Å²) in [5, 5.41) is -0.515. The van der Waals surface area contributed by atoms with E-state index in [-0.39, 0.29) is 4.91 Å². The number of aryl methyl sites for hydroxylation is 1. The molecular weight excluding hydrogens is 418 g/mol. The molecule has 3 rings (SSSR count).